The van der Waals surface area contributed by atoms with Gasteiger partial charge in [-0.05, 0) is 18.4 Å². The standard InChI is InChI=1S/C13H19O4P/c14-18(15-10-6-1-2-7-11-16-18)17-12-13-8-4-3-5-9-13/h3-5,8-9H,1-2,6-7,10-12H2. The zero-order chi connectivity index (χ0) is 12.7. The number of benzene rings is 1. The fourth-order valence-corrected chi connectivity index (χ4v) is 2.99. The van der Waals surface area contributed by atoms with Crippen molar-refractivity contribution >= 4 is 7.82 Å². The molecule has 0 amide bonds. The molecule has 5 heteroatoms. The number of phosphoric acid groups is 1. The molecule has 0 N–H and O–H groups in total. The zero-order valence-electron chi connectivity index (χ0n) is 10.4. The molecule has 0 saturated carbocycles. The third-order valence-corrected chi connectivity index (χ3v) is 4.21. The van der Waals surface area contributed by atoms with E-state index in [0.29, 0.717) is 13.2 Å². The number of hydrogen-bond donors (Lipinski definition) is 0. The van der Waals surface area contributed by atoms with Crippen LogP contribution in [-0.2, 0) is 24.7 Å². The molecule has 1 aliphatic rings. The van der Waals surface area contributed by atoms with Crippen LogP contribution >= 0.6 is 7.82 Å². The summed E-state index contributed by atoms with van der Waals surface area (Å²) in [6.07, 6.45) is 3.98. The minimum atomic E-state index is -3.38. The van der Waals surface area contributed by atoms with Gasteiger partial charge in [0.05, 0.1) is 19.8 Å². The topological polar surface area (TPSA) is 44.8 Å². The summed E-state index contributed by atoms with van der Waals surface area (Å²) in [6, 6.07) is 9.60. The Balaban J connectivity index is 1.90. The molecule has 0 unspecified atom stereocenters. The summed E-state index contributed by atoms with van der Waals surface area (Å²) in [5.74, 6) is 0. The first-order chi connectivity index (χ1) is 8.79. The quantitative estimate of drug-likeness (QED) is 0.781. The van der Waals surface area contributed by atoms with Gasteiger partial charge < -0.3 is 0 Å². The first kappa shape index (κ1) is 13.8. The molecule has 1 aromatic carbocycles. The molecule has 100 valence electrons. The van der Waals surface area contributed by atoms with E-state index in [2.05, 4.69) is 0 Å². The monoisotopic (exact) mass is 270 g/mol. The van der Waals surface area contributed by atoms with Crippen molar-refractivity contribution in [1.29, 1.82) is 0 Å². The summed E-state index contributed by atoms with van der Waals surface area (Å²) < 4.78 is 28.2. The molecule has 0 atom stereocenters. The van der Waals surface area contributed by atoms with Gasteiger partial charge in [-0.3, -0.25) is 13.6 Å². The highest BCUT2D eigenvalue weighted by atomic mass is 31.2. The van der Waals surface area contributed by atoms with Crippen molar-refractivity contribution in [3.8, 4) is 0 Å². The van der Waals surface area contributed by atoms with Gasteiger partial charge in [-0.2, -0.15) is 0 Å². The average Bonchev–Trinajstić information content (AvgIpc) is 2.51. The van der Waals surface area contributed by atoms with Gasteiger partial charge in [0.15, 0.2) is 0 Å². The van der Waals surface area contributed by atoms with Crippen molar-refractivity contribution in [3.63, 3.8) is 0 Å². The highest BCUT2D eigenvalue weighted by molar-refractivity contribution is 7.48. The number of phosphoric ester groups is 1. The van der Waals surface area contributed by atoms with Crippen LogP contribution in [0.1, 0.15) is 31.2 Å². The van der Waals surface area contributed by atoms with E-state index in [9.17, 15) is 4.57 Å². The Morgan fingerprint density at radius 2 is 1.61 bits per heavy atom. The Bertz CT molecular complexity index is 379. The van der Waals surface area contributed by atoms with Crippen LogP contribution < -0.4 is 0 Å². The third kappa shape index (κ3) is 4.54. The summed E-state index contributed by atoms with van der Waals surface area (Å²) in [7, 11) is -3.38. The largest absolute Gasteiger partial charge is 0.475 e. The van der Waals surface area contributed by atoms with Gasteiger partial charge in [-0.25, -0.2) is 4.57 Å². The Morgan fingerprint density at radius 1 is 1.00 bits per heavy atom. The van der Waals surface area contributed by atoms with Gasteiger partial charge >= 0.3 is 7.82 Å². The lowest BCUT2D eigenvalue weighted by molar-refractivity contribution is 0.111. The van der Waals surface area contributed by atoms with E-state index in [0.717, 1.165) is 31.2 Å². The fourth-order valence-electron chi connectivity index (χ4n) is 1.75. The van der Waals surface area contributed by atoms with Crippen molar-refractivity contribution < 1.29 is 18.1 Å². The SMILES string of the molecule is O=P1(OCc2ccccc2)OCCCCCCO1. The van der Waals surface area contributed by atoms with Crippen LogP contribution in [0.25, 0.3) is 0 Å². The van der Waals surface area contributed by atoms with Crippen molar-refractivity contribution in [2.24, 2.45) is 0 Å². The Morgan fingerprint density at radius 3 is 2.22 bits per heavy atom. The lowest BCUT2D eigenvalue weighted by atomic mass is 10.2. The molecule has 0 aromatic heterocycles. The van der Waals surface area contributed by atoms with Crippen LogP contribution in [0.2, 0.25) is 0 Å². The highest BCUT2D eigenvalue weighted by Crippen LogP contribution is 2.50. The second-order valence-electron chi connectivity index (χ2n) is 4.29. The van der Waals surface area contributed by atoms with E-state index in [1.165, 1.54) is 0 Å². The molecular formula is C13H19O4P. The molecule has 1 saturated heterocycles. The van der Waals surface area contributed by atoms with Crippen molar-refractivity contribution in [2.45, 2.75) is 32.3 Å². The Hall–Kier alpha value is -0.670. The molecule has 1 heterocycles. The fraction of sp³-hybridized carbons (Fsp3) is 0.538. The number of rotatable bonds is 3. The van der Waals surface area contributed by atoms with Gasteiger partial charge in [-0.1, -0.05) is 43.2 Å². The predicted octanol–water partition coefficient (Wildman–Crippen LogP) is 3.92. The summed E-state index contributed by atoms with van der Waals surface area (Å²) >= 11 is 0. The van der Waals surface area contributed by atoms with Crippen molar-refractivity contribution in [1.82, 2.24) is 0 Å². The average molecular weight is 270 g/mol. The third-order valence-electron chi connectivity index (χ3n) is 2.77. The van der Waals surface area contributed by atoms with Crippen LogP contribution in [0.5, 0.6) is 0 Å². The van der Waals surface area contributed by atoms with E-state index < -0.39 is 7.82 Å². The van der Waals surface area contributed by atoms with E-state index >= 15 is 0 Å². The van der Waals surface area contributed by atoms with E-state index in [-0.39, 0.29) is 6.61 Å². The minimum absolute atomic E-state index is 0.248. The second-order valence-corrected chi connectivity index (χ2v) is 5.96. The maximum Gasteiger partial charge on any atom is 0.475 e. The highest BCUT2D eigenvalue weighted by Gasteiger charge is 2.27. The lowest BCUT2D eigenvalue weighted by Crippen LogP contribution is -2.01. The predicted molar refractivity (Wildman–Crippen MR) is 69.2 cm³/mol. The molecule has 1 aliphatic heterocycles. The van der Waals surface area contributed by atoms with Crippen LogP contribution in [-0.4, -0.2) is 13.2 Å². The van der Waals surface area contributed by atoms with Crippen LogP contribution in [0.3, 0.4) is 0 Å². The second kappa shape index (κ2) is 7.05. The Kier molecular flexibility index (Phi) is 5.39. The van der Waals surface area contributed by atoms with Gasteiger partial charge in [0, 0.05) is 0 Å². The smallest absolute Gasteiger partial charge is 0.287 e. The molecule has 0 aliphatic carbocycles. The van der Waals surface area contributed by atoms with Gasteiger partial charge in [0.2, 0.25) is 0 Å². The van der Waals surface area contributed by atoms with Crippen molar-refractivity contribution in [3.05, 3.63) is 35.9 Å². The summed E-state index contributed by atoms with van der Waals surface area (Å²) in [4.78, 5) is 0. The maximum absolute atomic E-state index is 12.3. The van der Waals surface area contributed by atoms with E-state index in [1.807, 2.05) is 30.3 Å². The number of hydrogen-bond acceptors (Lipinski definition) is 4. The molecule has 18 heavy (non-hydrogen) atoms. The van der Waals surface area contributed by atoms with Crippen LogP contribution in [0.4, 0.5) is 0 Å². The molecule has 4 nitrogen and oxygen atoms in total. The van der Waals surface area contributed by atoms with Gasteiger partial charge in [-0.15, -0.1) is 0 Å². The minimum Gasteiger partial charge on any atom is -0.287 e. The molecule has 2 rings (SSSR count). The lowest BCUT2D eigenvalue weighted by Gasteiger charge is -2.16. The maximum atomic E-state index is 12.3. The van der Waals surface area contributed by atoms with Crippen LogP contribution in [0, 0.1) is 0 Å². The zero-order valence-corrected chi connectivity index (χ0v) is 11.3. The van der Waals surface area contributed by atoms with E-state index in [1.54, 1.807) is 0 Å². The normalized spacial score (nSPS) is 20.7. The van der Waals surface area contributed by atoms with Crippen molar-refractivity contribution in [2.75, 3.05) is 13.2 Å². The molecule has 1 aromatic rings. The molecule has 0 radical (unpaired) electrons. The molecule has 1 fully saturated rings. The first-order valence-corrected chi connectivity index (χ1v) is 7.82. The van der Waals surface area contributed by atoms with Gasteiger partial charge in [0.25, 0.3) is 0 Å². The van der Waals surface area contributed by atoms with Gasteiger partial charge in [0.1, 0.15) is 0 Å². The summed E-state index contributed by atoms with van der Waals surface area (Å²) in [5, 5.41) is 0. The first-order valence-electron chi connectivity index (χ1n) is 6.36. The molecule has 0 bridgehead atoms. The van der Waals surface area contributed by atoms with Crippen LogP contribution in [0.15, 0.2) is 30.3 Å². The molecule has 0 spiro atoms. The Labute approximate surface area is 108 Å². The summed E-state index contributed by atoms with van der Waals surface area (Å²) in [6.45, 7) is 1.12. The molecular weight excluding hydrogens is 251 g/mol. The summed E-state index contributed by atoms with van der Waals surface area (Å²) in [5.41, 5.74) is 0.958. The van der Waals surface area contributed by atoms with E-state index in [4.69, 9.17) is 13.6 Å².